The van der Waals surface area contributed by atoms with Crippen LogP contribution in [-0.4, -0.2) is 48.1 Å². The molecule has 1 saturated carbocycles. The maximum absolute atomic E-state index is 11.8. The van der Waals surface area contributed by atoms with Crippen molar-refractivity contribution in [3.05, 3.63) is 6.20 Å². The first-order valence-electron chi connectivity index (χ1n) is 8.96. The summed E-state index contributed by atoms with van der Waals surface area (Å²) in [5.74, 6) is 0.702. The second-order valence-electron chi connectivity index (χ2n) is 6.72. The molecule has 1 aliphatic rings. The van der Waals surface area contributed by atoms with Crippen molar-refractivity contribution in [3.8, 4) is 5.19 Å². The van der Waals surface area contributed by atoms with E-state index in [4.69, 9.17) is 9.47 Å². The average Bonchev–Trinajstić information content (AvgIpc) is 3.23. The third-order valence-electron chi connectivity index (χ3n) is 4.10. The summed E-state index contributed by atoms with van der Waals surface area (Å²) in [5.41, 5.74) is 0. The minimum Gasteiger partial charge on any atom is -0.467 e. The highest BCUT2D eigenvalue weighted by Gasteiger charge is 2.16. The van der Waals surface area contributed by atoms with Gasteiger partial charge < -0.3 is 19.9 Å². The van der Waals surface area contributed by atoms with E-state index in [-0.39, 0.29) is 6.61 Å². The number of hydrogen-bond acceptors (Lipinski definition) is 7. The molecule has 0 aliphatic heterocycles. The first-order chi connectivity index (χ1) is 12.0. The van der Waals surface area contributed by atoms with Crippen molar-refractivity contribution < 1.29 is 19.4 Å². The fourth-order valence-electron chi connectivity index (χ4n) is 2.73. The topological polar surface area (TPSA) is 92.7 Å². The fraction of sp³-hybridized carbons (Fsp3) is 0.765. The Kier molecular flexibility index (Phi) is 8.43. The second kappa shape index (κ2) is 10.6. The molecule has 2 rings (SSSR count). The van der Waals surface area contributed by atoms with Crippen LogP contribution < -0.4 is 15.4 Å². The first kappa shape index (κ1) is 19.9. The molecule has 0 spiro atoms. The summed E-state index contributed by atoms with van der Waals surface area (Å²) < 4.78 is 10.6. The standard InChI is InChI=1S/C17H29N3O4S/c1-12(2)18-9-14(21)11-24-17-19-10-15(25-17)20-16(22)23-8-7-13-5-3-4-6-13/h10,12-14,18,21H,3-9,11H2,1-2H3,(H,20,22). The largest absolute Gasteiger partial charge is 0.467 e. The zero-order valence-corrected chi connectivity index (χ0v) is 15.8. The maximum Gasteiger partial charge on any atom is 0.412 e. The Morgan fingerprint density at radius 1 is 1.44 bits per heavy atom. The minimum atomic E-state index is -0.608. The van der Waals surface area contributed by atoms with Crippen molar-refractivity contribution in [1.29, 1.82) is 0 Å². The number of carbonyl (C=O) groups excluding carboxylic acids is 1. The molecule has 1 aromatic heterocycles. The number of ether oxygens (including phenoxy) is 2. The highest BCUT2D eigenvalue weighted by atomic mass is 32.1. The van der Waals surface area contributed by atoms with Gasteiger partial charge in [-0.05, 0) is 12.3 Å². The van der Waals surface area contributed by atoms with Crippen molar-refractivity contribution >= 4 is 22.4 Å². The van der Waals surface area contributed by atoms with Crippen LogP contribution >= 0.6 is 11.3 Å². The van der Waals surface area contributed by atoms with Crippen LogP contribution in [0.5, 0.6) is 5.19 Å². The molecular formula is C17H29N3O4S. The molecule has 0 radical (unpaired) electrons. The molecule has 1 atom stereocenters. The van der Waals surface area contributed by atoms with Crippen LogP contribution in [-0.2, 0) is 4.74 Å². The van der Waals surface area contributed by atoms with Gasteiger partial charge in [0.2, 0.25) is 0 Å². The molecule has 1 unspecified atom stereocenters. The number of nitrogens with one attached hydrogen (secondary N) is 2. The summed E-state index contributed by atoms with van der Waals surface area (Å²) in [5, 5.41) is 16.6. The van der Waals surface area contributed by atoms with E-state index in [1.807, 2.05) is 13.8 Å². The lowest BCUT2D eigenvalue weighted by Crippen LogP contribution is -2.35. The van der Waals surface area contributed by atoms with Crippen LogP contribution in [0.1, 0.15) is 46.0 Å². The molecule has 1 fully saturated rings. The maximum atomic E-state index is 11.8. The van der Waals surface area contributed by atoms with Crippen LogP contribution in [0.15, 0.2) is 6.20 Å². The van der Waals surface area contributed by atoms with E-state index in [1.54, 1.807) is 0 Å². The lowest BCUT2D eigenvalue weighted by atomic mass is 10.1. The monoisotopic (exact) mass is 371 g/mol. The van der Waals surface area contributed by atoms with Gasteiger partial charge in [0, 0.05) is 12.6 Å². The van der Waals surface area contributed by atoms with Gasteiger partial charge in [-0.2, -0.15) is 0 Å². The lowest BCUT2D eigenvalue weighted by molar-refractivity contribution is 0.104. The van der Waals surface area contributed by atoms with Gasteiger partial charge in [-0.3, -0.25) is 5.32 Å². The quantitative estimate of drug-likeness (QED) is 0.585. The number of aliphatic hydroxyl groups is 1. The van der Waals surface area contributed by atoms with Gasteiger partial charge in [0.25, 0.3) is 5.19 Å². The summed E-state index contributed by atoms with van der Waals surface area (Å²) in [6, 6.07) is 0.310. The van der Waals surface area contributed by atoms with Crippen molar-refractivity contribution in [1.82, 2.24) is 10.3 Å². The van der Waals surface area contributed by atoms with Gasteiger partial charge >= 0.3 is 6.09 Å². The number of aromatic nitrogens is 1. The summed E-state index contributed by atoms with van der Waals surface area (Å²) in [4.78, 5) is 15.8. The van der Waals surface area contributed by atoms with Crippen molar-refractivity contribution in [2.45, 2.75) is 58.1 Å². The Labute approximate surface area is 153 Å². The van der Waals surface area contributed by atoms with Gasteiger partial charge in [0.05, 0.1) is 12.8 Å². The lowest BCUT2D eigenvalue weighted by Gasteiger charge is -2.13. The fourth-order valence-corrected chi connectivity index (χ4v) is 3.40. The predicted molar refractivity (Wildman–Crippen MR) is 98.3 cm³/mol. The van der Waals surface area contributed by atoms with Gasteiger partial charge in [0.15, 0.2) is 0 Å². The van der Waals surface area contributed by atoms with Gasteiger partial charge in [-0.1, -0.05) is 50.9 Å². The zero-order chi connectivity index (χ0) is 18.1. The van der Waals surface area contributed by atoms with Crippen molar-refractivity contribution in [2.75, 3.05) is 25.1 Å². The van der Waals surface area contributed by atoms with E-state index >= 15 is 0 Å². The number of nitrogens with zero attached hydrogens (tertiary/aromatic N) is 1. The van der Waals surface area contributed by atoms with E-state index in [2.05, 4.69) is 15.6 Å². The Morgan fingerprint density at radius 2 is 2.20 bits per heavy atom. The van der Waals surface area contributed by atoms with E-state index in [1.165, 1.54) is 43.2 Å². The smallest absolute Gasteiger partial charge is 0.412 e. The Bertz CT molecular complexity index is 518. The molecule has 8 heteroatoms. The van der Waals surface area contributed by atoms with Crippen LogP contribution in [0.4, 0.5) is 9.80 Å². The predicted octanol–water partition coefficient (Wildman–Crippen LogP) is 3.01. The van der Waals surface area contributed by atoms with Gasteiger partial charge in [-0.15, -0.1) is 0 Å². The van der Waals surface area contributed by atoms with Crippen molar-refractivity contribution in [3.63, 3.8) is 0 Å². The molecule has 1 amide bonds. The van der Waals surface area contributed by atoms with Crippen molar-refractivity contribution in [2.24, 2.45) is 5.92 Å². The van der Waals surface area contributed by atoms with E-state index in [0.717, 1.165) is 6.42 Å². The van der Waals surface area contributed by atoms with Crippen LogP contribution in [0, 0.1) is 5.92 Å². The first-order valence-corrected chi connectivity index (χ1v) is 9.78. The highest BCUT2D eigenvalue weighted by Crippen LogP contribution is 2.28. The average molecular weight is 372 g/mol. The van der Waals surface area contributed by atoms with Crippen LogP contribution in [0.2, 0.25) is 0 Å². The molecule has 1 aliphatic carbocycles. The number of hydrogen-bond donors (Lipinski definition) is 3. The van der Waals surface area contributed by atoms with Crippen LogP contribution in [0.3, 0.4) is 0 Å². The number of carbonyl (C=O) groups is 1. The summed E-state index contributed by atoms with van der Waals surface area (Å²) >= 11 is 1.21. The summed E-state index contributed by atoms with van der Waals surface area (Å²) in [6.45, 7) is 5.09. The zero-order valence-electron chi connectivity index (χ0n) is 15.0. The Hall–Kier alpha value is -1.38. The molecule has 0 aromatic carbocycles. The van der Waals surface area contributed by atoms with E-state index in [0.29, 0.717) is 35.3 Å². The number of aliphatic hydroxyl groups excluding tert-OH is 1. The number of rotatable bonds is 10. The minimum absolute atomic E-state index is 0.151. The second-order valence-corrected chi connectivity index (χ2v) is 7.71. The third-order valence-corrected chi connectivity index (χ3v) is 4.93. The molecule has 0 bridgehead atoms. The molecule has 142 valence electrons. The molecule has 3 N–H and O–H groups in total. The van der Waals surface area contributed by atoms with E-state index in [9.17, 15) is 9.90 Å². The molecule has 7 nitrogen and oxygen atoms in total. The number of thiazole rings is 1. The Balaban J connectivity index is 1.61. The molecular weight excluding hydrogens is 342 g/mol. The molecule has 1 heterocycles. The molecule has 0 saturated heterocycles. The molecule has 1 aromatic rings. The summed E-state index contributed by atoms with van der Waals surface area (Å²) in [7, 11) is 0. The van der Waals surface area contributed by atoms with Crippen LogP contribution in [0.25, 0.3) is 0 Å². The molecule has 25 heavy (non-hydrogen) atoms. The normalized spacial score (nSPS) is 16.2. The van der Waals surface area contributed by atoms with E-state index < -0.39 is 12.2 Å². The SMILES string of the molecule is CC(C)NCC(O)COc1ncc(NC(=O)OCCC2CCCC2)s1. The summed E-state index contributed by atoms with van der Waals surface area (Å²) in [6.07, 6.45) is 6.48. The number of anilines is 1. The van der Waals surface area contributed by atoms with Gasteiger partial charge in [-0.25, -0.2) is 9.78 Å². The third kappa shape index (κ3) is 8.02. The number of amides is 1. The Morgan fingerprint density at radius 3 is 2.92 bits per heavy atom. The van der Waals surface area contributed by atoms with Gasteiger partial charge in [0.1, 0.15) is 17.7 Å². The highest BCUT2D eigenvalue weighted by molar-refractivity contribution is 7.17.